The van der Waals surface area contributed by atoms with Gasteiger partial charge >= 0.3 is 5.97 Å². The summed E-state index contributed by atoms with van der Waals surface area (Å²) in [4.78, 5) is 33.8. The molecule has 0 amide bonds. The van der Waals surface area contributed by atoms with Crippen LogP contribution in [0.3, 0.4) is 0 Å². The Kier molecular flexibility index (Phi) is 4.54. The Morgan fingerprint density at radius 1 is 1.28 bits per heavy atom. The number of ketones is 1. The fourth-order valence-corrected chi connectivity index (χ4v) is 4.45. The van der Waals surface area contributed by atoms with Crippen molar-refractivity contribution in [2.24, 2.45) is 11.3 Å². The van der Waals surface area contributed by atoms with E-state index in [9.17, 15) is 9.59 Å². The topological polar surface area (TPSA) is 87.2 Å². The van der Waals surface area contributed by atoms with Crippen molar-refractivity contribution in [3.63, 3.8) is 0 Å². The number of pyridine rings is 1. The standard InChI is InChI=1S/C23H25N3O3/c1-5-18-15-7-6-14(8-16(15)17(11-25-18)22(28)29-24)26-12-13(2)21-19(26)9-23(3,4)10-20(21)27/h6-8,11-12H,5,9-10,24H2,1-4H3. The molecule has 150 valence electrons. The molecule has 0 bridgehead atoms. The summed E-state index contributed by atoms with van der Waals surface area (Å²) in [6.07, 6.45) is 5.64. The number of Topliss-reactive ketones (excluding diaryl/α,β-unsaturated/α-hetero) is 1. The summed E-state index contributed by atoms with van der Waals surface area (Å²) in [5.74, 6) is 4.71. The van der Waals surface area contributed by atoms with Crippen molar-refractivity contribution in [1.82, 2.24) is 9.55 Å². The summed E-state index contributed by atoms with van der Waals surface area (Å²) < 4.78 is 2.08. The summed E-state index contributed by atoms with van der Waals surface area (Å²) in [7, 11) is 0. The Morgan fingerprint density at radius 2 is 2.03 bits per heavy atom. The predicted octanol–water partition coefficient (Wildman–Crippen LogP) is 4.08. The lowest BCUT2D eigenvalue weighted by molar-refractivity contribution is 0.0505. The average molecular weight is 391 g/mol. The van der Waals surface area contributed by atoms with Gasteiger partial charge in [-0.2, -0.15) is 5.90 Å². The van der Waals surface area contributed by atoms with Crippen LogP contribution in [0.2, 0.25) is 0 Å². The highest BCUT2D eigenvalue weighted by atomic mass is 16.7. The van der Waals surface area contributed by atoms with E-state index >= 15 is 0 Å². The van der Waals surface area contributed by atoms with Gasteiger partial charge in [0, 0.05) is 52.2 Å². The second-order valence-electron chi connectivity index (χ2n) is 8.55. The van der Waals surface area contributed by atoms with Crippen LogP contribution in [0.4, 0.5) is 0 Å². The number of nitrogens with two attached hydrogens (primary N) is 1. The van der Waals surface area contributed by atoms with Crippen molar-refractivity contribution in [2.75, 3.05) is 0 Å². The zero-order chi connectivity index (χ0) is 20.9. The largest absolute Gasteiger partial charge is 0.370 e. The zero-order valence-electron chi connectivity index (χ0n) is 17.2. The molecule has 2 aromatic heterocycles. The van der Waals surface area contributed by atoms with Crippen molar-refractivity contribution in [1.29, 1.82) is 0 Å². The first-order valence-electron chi connectivity index (χ1n) is 9.83. The molecule has 6 heteroatoms. The molecular weight excluding hydrogens is 366 g/mol. The minimum absolute atomic E-state index is 0.0860. The van der Waals surface area contributed by atoms with Gasteiger partial charge in [-0.1, -0.05) is 26.8 Å². The van der Waals surface area contributed by atoms with Crippen molar-refractivity contribution in [3.05, 3.63) is 58.7 Å². The first kappa shape index (κ1) is 19.3. The molecule has 3 aromatic rings. The molecule has 2 N–H and O–H groups in total. The minimum atomic E-state index is -0.621. The van der Waals surface area contributed by atoms with E-state index in [1.807, 2.05) is 38.2 Å². The zero-order valence-corrected chi connectivity index (χ0v) is 17.2. The van der Waals surface area contributed by atoms with Crippen LogP contribution >= 0.6 is 0 Å². The number of aromatic nitrogens is 2. The number of hydrogen-bond acceptors (Lipinski definition) is 5. The third-order valence-corrected chi connectivity index (χ3v) is 5.75. The molecule has 2 heterocycles. The highest BCUT2D eigenvalue weighted by Gasteiger charge is 2.34. The van der Waals surface area contributed by atoms with Crippen LogP contribution in [0.1, 0.15) is 64.9 Å². The van der Waals surface area contributed by atoms with Crippen LogP contribution in [0.25, 0.3) is 16.5 Å². The maximum atomic E-state index is 12.7. The summed E-state index contributed by atoms with van der Waals surface area (Å²) in [5.41, 5.74) is 4.87. The van der Waals surface area contributed by atoms with E-state index in [4.69, 9.17) is 5.90 Å². The Bertz CT molecular complexity index is 1160. The molecule has 4 rings (SSSR count). The molecule has 0 spiro atoms. The van der Waals surface area contributed by atoms with E-state index in [0.717, 1.165) is 51.8 Å². The number of aryl methyl sites for hydroxylation is 2. The molecule has 0 aliphatic heterocycles. The molecular formula is C23H25N3O3. The number of nitrogens with zero attached hydrogens (tertiary/aromatic N) is 2. The molecule has 0 atom stereocenters. The number of carbonyl (C=O) groups excluding carboxylic acids is 2. The van der Waals surface area contributed by atoms with Crippen molar-refractivity contribution in [2.45, 2.75) is 47.0 Å². The smallest absolute Gasteiger partial charge is 0.358 e. The number of fused-ring (bicyclic) bond motifs is 2. The van der Waals surface area contributed by atoms with Gasteiger partial charge in [0.15, 0.2) is 5.78 Å². The summed E-state index contributed by atoms with van der Waals surface area (Å²) in [6.45, 7) is 8.24. The molecule has 0 radical (unpaired) electrons. The normalized spacial score (nSPS) is 15.4. The number of hydrogen-bond donors (Lipinski definition) is 1. The van der Waals surface area contributed by atoms with Crippen LogP contribution in [0.15, 0.2) is 30.6 Å². The molecule has 0 saturated carbocycles. The van der Waals surface area contributed by atoms with E-state index in [1.165, 1.54) is 6.20 Å². The maximum Gasteiger partial charge on any atom is 0.358 e. The number of rotatable bonds is 3. The third kappa shape index (κ3) is 3.13. The second-order valence-corrected chi connectivity index (χ2v) is 8.55. The van der Waals surface area contributed by atoms with Gasteiger partial charge in [0.1, 0.15) is 0 Å². The van der Waals surface area contributed by atoms with Crippen LogP contribution in [-0.4, -0.2) is 21.3 Å². The Hall–Kier alpha value is -2.99. The number of carbonyl (C=O) groups is 2. The SMILES string of the molecule is CCc1ncc(C(=O)ON)c2cc(-n3cc(C)c4c3CC(C)(C)CC4=O)ccc12. The lowest BCUT2D eigenvalue weighted by atomic mass is 9.75. The van der Waals surface area contributed by atoms with Gasteiger partial charge in [-0.15, -0.1) is 0 Å². The van der Waals surface area contributed by atoms with Crippen LogP contribution < -0.4 is 5.90 Å². The quantitative estimate of drug-likeness (QED) is 0.680. The highest BCUT2D eigenvalue weighted by molar-refractivity contribution is 6.05. The second kappa shape index (κ2) is 6.81. The Balaban J connectivity index is 1.96. The fourth-order valence-electron chi connectivity index (χ4n) is 4.45. The van der Waals surface area contributed by atoms with Gasteiger partial charge in [0.25, 0.3) is 0 Å². The van der Waals surface area contributed by atoms with Gasteiger partial charge in [-0.05, 0) is 42.9 Å². The molecule has 0 unspecified atom stereocenters. The van der Waals surface area contributed by atoms with Crippen molar-refractivity contribution in [3.8, 4) is 5.69 Å². The van der Waals surface area contributed by atoms with Gasteiger partial charge in [-0.25, -0.2) is 4.79 Å². The third-order valence-electron chi connectivity index (χ3n) is 5.75. The molecule has 29 heavy (non-hydrogen) atoms. The lowest BCUT2D eigenvalue weighted by Crippen LogP contribution is -2.28. The van der Waals surface area contributed by atoms with E-state index in [-0.39, 0.29) is 11.2 Å². The predicted molar refractivity (Wildman–Crippen MR) is 111 cm³/mol. The summed E-state index contributed by atoms with van der Waals surface area (Å²) in [5, 5.41) is 1.64. The highest BCUT2D eigenvalue weighted by Crippen LogP contribution is 2.38. The summed E-state index contributed by atoms with van der Waals surface area (Å²) >= 11 is 0. The van der Waals surface area contributed by atoms with Crippen LogP contribution in [-0.2, 0) is 17.7 Å². The molecule has 0 saturated heterocycles. The molecule has 0 fully saturated rings. The monoisotopic (exact) mass is 391 g/mol. The van der Waals surface area contributed by atoms with Gasteiger partial charge in [-0.3, -0.25) is 9.78 Å². The lowest BCUT2D eigenvalue weighted by Gasteiger charge is -2.30. The van der Waals surface area contributed by atoms with E-state index in [0.29, 0.717) is 12.0 Å². The van der Waals surface area contributed by atoms with E-state index in [2.05, 4.69) is 28.2 Å². The first-order valence-corrected chi connectivity index (χ1v) is 9.83. The molecule has 6 nitrogen and oxygen atoms in total. The van der Waals surface area contributed by atoms with Gasteiger partial charge in [0.2, 0.25) is 0 Å². The maximum absolute atomic E-state index is 12.7. The minimum Gasteiger partial charge on any atom is -0.370 e. The van der Waals surface area contributed by atoms with Crippen molar-refractivity contribution < 1.29 is 14.4 Å². The van der Waals surface area contributed by atoms with E-state index < -0.39 is 5.97 Å². The van der Waals surface area contributed by atoms with E-state index in [1.54, 1.807) is 0 Å². The van der Waals surface area contributed by atoms with Gasteiger partial charge < -0.3 is 9.40 Å². The molecule has 1 aliphatic rings. The van der Waals surface area contributed by atoms with Crippen LogP contribution in [0.5, 0.6) is 0 Å². The Morgan fingerprint density at radius 3 is 2.72 bits per heavy atom. The Labute approximate surface area is 169 Å². The van der Waals surface area contributed by atoms with Gasteiger partial charge in [0.05, 0.1) is 5.56 Å². The molecule has 1 aliphatic carbocycles. The summed E-state index contributed by atoms with van der Waals surface area (Å²) in [6, 6.07) is 5.93. The first-order chi connectivity index (χ1) is 13.8. The fraction of sp³-hybridized carbons (Fsp3) is 0.348. The van der Waals surface area contributed by atoms with Crippen molar-refractivity contribution >= 4 is 22.5 Å². The average Bonchev–Trinajstić information content (AvgIpc) is 3.01. The number of benzene rings is 1. The molecule has 1 aromatic carbocycles. The van der Waals surface area contributed by atoms with Crippen LogP contribution in [0, 0.1) is 12.3 Å².